The molecule has 3 atom stereocenters. The summed E-state index contributed by atoms with van der Waals surface area (Å²) in [4.78, 5) is 46.1. The SMILES string of the molecule is C=C(C)C(=O)OCCOC(=O)NCC1CCCC(CNC(=O)OCC(C)OC(=O)CC)C1. The summed E-state index contributed by atoms with van der Waals surface area (Å²) < 4.78 is 20.0. The summed E-state index contributed by atoms with van der Waals surface area (Å²) in [7, 11) is 0. The fourth-order valence-electron chi connectivity index (χ4n) is 3.26. The van der Waals surface area contributed by atoms with E-state index in [4.69, 9.17) is 18.9 Å². The van der Waals surface area contributed by atoms with Crippen LogP contribution in [0.1, 0.15) is 52.9 Å². The van der Waals surface area contributed by atoms with Gasteiger partial charge in [-0.25, -0.2) is 14.4 Å². The largest absolute Gasteiger partial charge is 0.459 e. The van der Waals surface area contributed by atoms with Crippen LogP contribution in [0.5, 0.6) is 0 Å². The molecule has 1 fully saturated rings. The number of nitrogens with one attached hydrogen (secondary N) is 2. The van der Waals surface area contributed by atoms with Gasteiger partial charge in [-0.3, -0.25) is 4.79 Å². The van der Waals surface area contributed by atoms with Crippen LogP contribution >= 0.6 is 0 Å². The minimum absolute atomic E-state index is 0.00327. The van der Waals surface area contributed by atoms with Crippen molar-refractivity contribution >= 4 is 24.1 Å². The van der Waals surface area contributed by atoms with E-state index in [-0.39, 0.29) is 49.6 Å². The lowest BCUT2D eigenvalue weighted by Crippen LogP contribution is -2.36. The Kier molecular flexibility index (Phi) is 12.9. The van der Waals surface area contributed by atoms with Crippen molar-refractivity contribution in [1.82, 2.24) is 10.6 Å². The molecule has 0 radical (unpaired) electrons. The van der Waals surface area contributed by atoms with Crippen molar-refractivity contribution < 1.29 is 38.1 Å². The summed E-state index contributed by atoms with van der Waals surface area (Å²) in [5, 5.41) is 5.48. The molecule has 1 rings (SSSR count). The molecule has 0 saturated heterocycles. The zero-order valence-corrected chi connectivity index (χ0v) is 19.3. The highest BCUT2D eigenvalue weighted by Gasteiger charge is 2.23. The standard InChI is InChI=1S/C22H36N2O8/c1-5-19(25)32-16(4)14-31-22(28)24-13-18-8-6-7-17(11-18)12-23-21(27)30-10-9-29-20(26)15(2)3/h16-18H,2,5-14H2,1,3-4H3,(H,23,27)(H,24,28). The van der Waals surface area contributed by atoms with E-state index in [1.807, 2.05) is 0 Å². The highest BCUT2D eigenvalue weighted by atomic mass is 16.6. The van der Waals surface area contributed by atoms with Crippen molar-refractivity contribution in [3.63, 3.8) is 0 Å². The van der Waals surface area contributed by atoms with Gasteiger partial charge in [0.05, 0.1) is 0 Å². The molecule has 0 aromatic rings. The smallest absolute Gasteiger partial charge is 0.407 e. The van der Waals surface area contributed by atoms with E-state index in [1.54, 1.807) is 20.8 Å². The van der Waals surface area contributed by atoms with Crippen LogP contribution in [0.3, 0.4) is 0 Å². The third-order valence-electron chi connectivity index (χ3n) is 4.93. The van der Waals surface area contributed by atoms with E-state index in [0.717, 1.165) is 25.7 Å². The summed E-state index contributed by atoms with van der Waals surface area (Å²) in [6, 6.07) is 0. The monoisotopic (exact) mass is 456 g/mol. The molecule has 3 unspecified atom stereocenters. The van der Waals surface area contributed by atoms with Gasteiger partial charge in [-0.15, -0.1) is 0 Å². The van der Waals surface area contributed by atoms with Crippen molar-refractivity contribution in [2.45, 2.75) is 59.0 Å². The molecule has 0 heterocycles. The molecule has 0 aromatic carbocycles. The van der Waals surface area contributed by atoms with Gasteiger partial charge >= 0.3 is 24.1 Å². The number of ether oxygens (including phenoxy) is 4. The zero-order valence-electron chi connectivity index (χ0n) is 19.3. The third-order valence-corrected chi connectivity index (χ3v) is 4.93. The van der Waals surface area contributed by atoms with Crippen molar-refractivity contribution in [2.75, 3.05) is 32.9 Å². The van der Waals surface area contributed by atoms with Gasteiger partial charge in [0.25, 0.3) is 0 Å². The van der Waals surface area contributed by atoms with Gasteiger partial charge in [0, 0.05) is 25.1 Å². The normalized spacial score (nSPS) is 18.6. The fourth-order valence-corrected chi connectivity index (χ4v) is 3.26. The predicted molar refractivity (Wildman–Crippen MR) is 116 cm³/mol. The minimum atomic E-state index is -0.557. The zero-order chi connectivity index (χ0) is 23.9. The first-order valence-corrected chi connectivity index (χ1v) is 11.0. The Bertz CT molecular complexity index is 652. The maximum Gasteiger partial charge on any atom is 0.407 e. The Morgan fingerprint density at radius 1 is 0.969 bits per heavy atom. The molecule has 0 bridgehead atoms. The molecule has 2 amide bonds. The van der Waals surface area contributed by atoms with Crippen LogP contribution in [-0.2, 0) is 28.5 Å². The van der Waals surface area contributed by atoms with Gasteiger partial charge in [-0.05, 0) is 44.9 Å². The Hall–Kier alpha value is -2.78. The Balaban J connectivity index is 2.17. The highest BCUT2D eigenvalue weighted by molar-refractivity contribution is 5.86. The average Bonchev–Trinajstić information content (AvgIpc) is 2.77. The van der Waals surface area contributed by atoms with Gasteiger partial charge in [0.2, 0.25) is 0 Å². The lowest BCUT2D eigenvalue weighted by atomic mass is 9.81. The van der Waals surface area contributed by atoms with Crippen LogP contribution < -0.4 is 10.6 Å². The van der Waals surface area contributed by atoms with Crippen LogP contribution in [0.4, 0.5) is 9.59 Å². The summed E-state index contributed by atoms with van der Waals surface area (Å²) >= 11 is 0. The number of amides is 2. The van der Waals surface area contributed by atoms with Gasteiger partial charge in [0.1, 0.15) is 25.9 Å². The van der Waals surface area contributed by atoms with E-state index in [0.29, 0.717) is 13.1 Å². The molecular weight excluding hydrogens is 420 g/mol. The van der Waals surface area contributed by atoms with E-state index in [2.05, 4.69) is 17.2 Å². The van der Waals surface area contributed by atoms with Gasteiger partial charge in [0.15, 0.2) is 0 Å². The average molecular weight is 457 g/mol. The summed E-state index contributed by atoms with van der Waals surface area (Å²) in [5.41, 5.74) is 0.288. The van der Waals surface area contributed by atoms with E-state index in [9.17, 15) is 19.2 Å². The maximum absolute atomic E-state index is 11.9. The highest BCUT2D eigenvalue weighted by Crippen LogP contribution is 2.28. The molecule has 1 aliphatic carbocycles. The second-order valence-electron chi connectivity index (χ2n) is 7.97. The maximum atomic E-state index is 11.9. The number of carbonyl (C=O) groups is 4. The Morgan fingerprint density at radius 3 is 2.09 bits per heavy atom. The lowest BCUT2D eigenvalue weighted by molar-refractivity contribution is -0.149. The molecule has 10 nitrogen and oxygen atoms in total. The molecule has 0 aliphatic heterocycles. The molecule has 2 N–H and O–H groups in total. The van der Waals surface area contributed by atoms with Gasteiger partial charge in [-0.1, -0.05) is 19.9 Å². The van der Waals surface area contributed by atoms with E-state index in [1.165, 1.54) is 0 Å². The number of esters is 2. The topological polar surface area (TPSA) is 129 Å². The Morgan fingerprint density at radius 2 is 1.53 bits per heavy atom. The molecule has 1 aliphatic rings. The molecule has 182 valence electrons. The van der Waals surface area contributed by atoms with Crippen LogP contribution in [0.2, 0.25) is 0 Å². The first kappa shape index (κ1) is 27.3. The van der Waals surface area contributed by atoms with Crippen molar-refractivity contribution in [3.05, 3.63) is 12.2 Å². The summed E-state index contributed by atoms with van der Waals surface area (Å²) in [5.74, 6) is -0.280. The second kappa shape index (κ2) is 15.1. The number of hydrogen-bond acceptors (Lipinski definition) is 8. The fraction of sp³-hybridized carbons (Fsp3) is 0.727. The van der Waals surface area contributed by atoms with Crippen LogP contribution in [0.25, 0.3) is 0 Å². The first-order chi connectivity index (χ1) is 15.2. The predicted octanol–water partition coefficient (Wildman–Crippen LogP) is 2.71. The van der Waals surface area contributed by atoms with E-state index >= 15 is 0 Å². The van der Waals surface area contributed by atoms with Crippen LogP contribution in [0, 0.1) is 11.8 Å². The molecule has 10 heteroatoms. The molecule has 0 spiro atoms. The number of alkyl carbamates (subject to hydrolysis) is 2. The number of hydrogen-bond donors (Lipinski definition) is 2. The van der Waals surface area contributed by atoms with Crippen molar-refractivity contribution in [1.29, 1.82) is 0 Å². The lowest BCUT2D eigenvalue weighted by Gasteiger charge is -2.29. The van der Waals surface area contributed by atoms with Crippen LogP contribution in [-0.4, -0.2) is 63.1 Å². The number of rotatable bonds is 12. The summed E-state index contributed by atoms with van der Waals surface area (Å²) in [6.45, 7) is 9.29. The Labute approximate surface area is 189 Å². The second-order valence-corrected chi connectivity index (χ2v) is 7.97. The molecule has 0 aromatic heterocycles. The van der Waals surface area contributed by atoms with Gasteiger partial charge < -0.3 is 29.6 Å². The van der Waals surface area contributed by atoms with Crippen LogP contribution in [0.15, 0.2) is 12.2 Å². The van der Waals surface area contributed by atoms with Crippen molar-refractivity contribution in [2.24, 2.45) is 11.8 Å². The molecule has 32 heavy (non-hydrogen) atoms. The number of carbonyl (C=O) groups excluding carboxylic acids is 4. The quantitative estimate of drug-likeness (QED) is 0.198. The minimum Gasteiger partial charge on any atom is -0.459 e. The third kappa shape index (κ3) is 12.2. The molecule has 1 saturated carbocycles. The van der Waals surface area contributed by atoms with Crippen molar-refractivity contribution in [3.8, 4) is 0 Å². The molecular formula is C22H36N2O8. The first-order valence-electron chi connectivity index (χ1n) is 11.0. The van der Waals surface area contributed by atoms with E-state index < -0.39 is 24.3 Å². The summed E-state index contributed by atoms with van der Waals surface area (Å²) in [6.07, 6.45) is 2.52. The van der Waals surface area contributed by atoms with Gasteiger partial charge in [-0.2, -0.15) is 0 Å².